The Labute approximate surface area is 142 Å². The molecule has 0 radical (unpaired) electrons. The van der Waals surface area contributed by atoms with Crippen LogP contribution in [-0.2, 0) is 0 Å². The van der Waals surface area contributed by atoms with Crippen LogP contribution < -0.4 is 0 Å². The zero-order chi connectivity index (χ0) is 14.4. The van der Waals surface area contributed by atoms with Crippen LogP contribution in [0.25, 0.3) is 21.9 Å². The first kappa shape index (κ1) is 13.6. The maximum absolute atomic E-state index is 5.88. The lowest BCUT2D eigenvalue weighted by molar-refractivity contribution is 0.669. The monoisotopic (exact) mass is 420 g/mol. The third kappa shape index (κ3) is 2.35. The van der Waals surface area contributed by atoms with Gasteiger partial charge in [-0.2, -0.15) is 0 Å². The summed E-state index contributed by atoms with van der Waals surface area (Å²) in [7, 11) is 0. The first-order valence-corrected chi connectivity index (χ1v) is 9.05. The number of hydrogen-bond acceptors (Lipinski definition) is 2. The predicted octanol–water partition coefficient (Wildman–Crippen LogP) is 6.89. The highest BCUT2D eigenvalue weighted by Crippen LogP contribution is 2.39. The number of halogens is 2. The van der Waals surface area contributed by atoms with Gasteiger partial charge in [-0.3, -0.25) is 0 Å². The molecule has 21 heavy (non-hydrogen) atoms. The molecule has 0 aliphatic heterocycles. The molecule has 4 heteroatoms. The van der Waals surface area contributed by atoms with Gasteiger partial charge in [0.05, 0.1) is 8.61 Å². The molecular weight excluding hydrogens is 412 g/mol. The average Bonchev–Trinajstić information content (AvgIpc) is 3.09. The molecule has 0 bridgehead atoms. The van der Waals surface area contributed by atoms with Crippen molar-refractivity contribution in [3.05, 3.63) is 68.8 Å². The summed E-state index contributed by atoms with van der Waals surface area (Å²) in [6, 6.07) is 18.8. The summed E-state index contributed by atoms with van der Waals surface area (Å²) in [5.41, 5.74) is 3.12. The highest BCUT2D eigenvalue weighted by molar-refractivity contribution is 9.11. The molecular formula is C17H10Br2OS. The van der Waals surface area contributed by atoms with Crippen molar-refractivity contribution in [2.24, 2.45) is 0 Å². The van der Waals surface area contributed by atoms with Gasteiger partial charge in [0, 0.05) is 15.6 Å². The van der Waals surface area contributed by atoms with Crippen LogP contribution in [0.5, 0.6) is 0 Å². The van der Waals surface area contributed by atoms with E-state index in [0.717, 1.165) is 15.0 Å². The molecule has 4 rings (SSSR count). The highest BCUT2D eigenvalue weighted by Gasteiger charge is 2.15. The number of thiophene rings is 1. The van der Waals surface area contributed by atoms with Crippen molar-refractivity contribution >= 4 is 65.1 Å². The second kappa shape index (κ2) is 5.27. The normalized spacial score (nSPS) is 13.0. The fourth-order valence-electron chi connectivity index (χ4n) is 2.53. The Hall–Kier alpha value is -1.10. The number of benzene rings is 2. The zero-order valence-corrected chi connectivity index (χ0v) is 14.8. The Bertz CT molecular complexity index is 938. The first-order valence-electron chi connectivity index (χ1n) is 6.53. The molecule has 2 heterocycles. The summed E-state index contributed by atoms with van der Waals surface area (Å²) in [5, 5.41) is 2.34. The molecule has 0 N–H and O–H groups in total. The molecule has 0 saturated heterocycles. The largest absolute Gasteiger partial charge is 0.456 e. The van der Waals surface area contributed by atoms with E-state index in [-0.39, 0.29) is 4.83 Å². The quantitative estimate of drug-likeness (QED) is 0.321. The van der Waals surface area contributed by atoms with Crippen LogP contribution in [0.3, 0.4) is 0 Å². The van der Waals surface area contributed by atoms with Crippen molar-refractivity contribution in [2.75, 3.05) is 0 Å². The number of alkyl halides is 1. The van der Waals surface area contributed by atoms with E-state index in [1.165, 1.54) is 21.2 Å². The van der Waals surface area contributed by atoms with E-state index in [1.54, 1.807) is 11.3 Å². The Morgan fingerprint density at radius 2 is 1.71 bits per heavy atom. The van der Waals surface area contributed by atoms with Gasteiger partial charge in [0.25, 0.3) is 0 Å². The third-order valence-electron chi connectivity index (χ3n) is 3.54. The molecule has 0 aliphatic carbocycles. The first-order chi connectivity index (χ1) is 10.2. The second-order valence-electron chi connectivity index (χ2n) is 4.86. The van der Waals surface area contributed by atoms with E-state index < -0.39 is 0 Å². The van der Waals surface area contributed by atoms with E-state index in [4.69, 9.17) is 4.42 Å². The van der Waals surface area contributed by atoms with E-state index in [2.05, 4.69) is 68.3 Å². The molecule has 0 spiro atoms. The van der Waals surface area contributed by atoms with Gasteiger partial charge < -0.3 is 4.42 Å². The SMILES string of the molecule is Brc1ccc(C(Br)c2ccc3oc4ccccc4c3c2)s1. The molecule has 2 aromatic heterocycles. The molecule has 104 valence electrons. The van der Waals surface area contributed by atoms with Crippen LogP contribution >= 0.6 is 43.2 Å². The van der Waals surface area contributed by atoms with Crippen molar-refractivity contribution in [1.82, 2.24) is 0 Å². The van der Waals surface area contributed by atoms with E-state index in [1.807, 2.05) is 18.2 Å². The predicted molar refractivity (Wildman–Crippen MR) is 96.5 cm³/mol. The minimum Gasteiger partial charge on any atom is -0.456 e. The van der Waals surface area contributed by atoms with E-state index in [0.29, 0.717) is 0 Å². The Morgan fingerprint density at radius 1 is 0.905 bits per heavy atom. The molecule has 2 aromatic carbocycles. The molecule has 0 fully saturated rings. The summed E-state index contributed by atoms with van der Waals surface area (Å²) in [5.74, 6) is 0. The second-order valence-corrected chi connectivity index (χ2v) is 8.27. The van der Waals surface area contributed by atoms with Crippen molar-refractivity contribution in [3.63, 3.8) is 0 Å². The fraction of sp³-hybridized carbons (Fsp3) is 0.0588. The minimum atomic E-state index is 0.201. The van der Waals surface area contributed by atoms with Gasteiger partial charge in [-0.15, -0.1) is 11.3 Å². The molecule has 1 unspecified atom stereocenters. The fourth-order valence-corrected chi connectivity index (χ4v) is 4.68. The van der Waals surface area contributed by atoms with Crippen molar-refractivity contribution in [3.8, 4) is 0 Å². The summed E-state index contributed by atoms with van der Waals surface area (Å²) < 4.78 is 7.03. The maximum atomic E-state index is 5.88. The van der Waals surface area contributed by atoms with Crippen LogP contribution in [-0.4, -0.2) is 0 Å². The number of rotatable bonds is 2. The van der Waals surface area contributed by atoms with Crippen LogP contribution in [0.2, 0.25) is 0 Å². The Balaban J connectivity index is 1.88. The molecule has 0 amide bonds. The number of hydrogen-bond donors (Lipinski definition) is 0. The number of furan rings is 1. The number of fused-ring (bicyclic) bond motifs is 3. The van der Waals surface area contributed by atoms with Gasteiger partial charge in [0.15, 0.2) is 0 Å². The van der Waals surface area contributed by atoms with Gasteiger partial charge in [0.1, 0.15) is 11.2 Å². The lowest BCUT2D eigenvalue weighted by Gasteiger charge is -2.07. The van der Waals surface area contributed by atoms with Crippen molar-refractivity contribution in [1.29, 1.82) is 0 Å². The lowest BCUT2D eigenvalue weighted by Crippen LogP contribution is -1.88. The standard InChI is InChI=1S/C17H10Br2OS/c18-16-8-7-15(21-16)17(19)10-5-6-14-12(9-10)11-3-1-2-4-13(11)20-14/h1-9,17H. The summed E-state index contributed by atoms with van der Waals surface area (Å²) in [6.45, 7) is 0. The Kier molecular flexibility index (Phi) is 3.40. The summed E-state index contributed by atoms with van der Waals surface area (Å²) in [6.07, 6.45) is 0. The summed E-state index contributed by atoms with van der Waals surface area (Å²) in [4.78, 5) is 1.49. The van der Waals surface area contributed by atoms with Crippen LogP contribution in [0.1, 0.15) is 15.3 Å². The minimum absolute atomic E-state index is 0.201. The molecule has 0 saturated carbocycles. The molecule has 0 aliphatic rings. The molecule has 1 atom stereocenters. The van der Waals surface area contributed by atoms with Crippen LogP contribution in [0.15, 0.2) is 62.8 Å². The lowest BCUT2D eigenvalue weighted by atomic mass is 10.1. The van der Waals surface area contributed by atoms with Gasteiger partial charge in [0.2, 0.25) is 0 Å². The van der Waals surface area contributed by atoms with Crippen LogP contribution in [0.4, 0.5) is 0 Å². The number of para-hydroxylation sites is 1. The molecule has 1 nitrogen and oxygen atoms in total. The topological polar surface area (TPSA) is 13.1 Å². The van der Waals surface area contributed by atoms with Gasteiger partial charge >= 0.3 is 0 Å². The van der Waals surface area contributed by atoms with Gasteiger partial charge in [-0.05, 0) is 51.8 Å². The van der Waals surface area contributed by atoms with Crippen molar-refractivity contribution < 1.29 is 4.42 Å². The molecule has 4 aromatic rings. The maximum Gasteiger partial charge on any atom is 0.135 e. The van der Waals surface area contributed by atoms with Gasteiger partial charge in [-0.25, -0.2) is 0 Å². The highest BCUT2D eigenvalue weighted by atomic mass is 79.9. The van der Waals surface area contributed by atoms with Gasteiger partial charge in [-0.1, -0.05) is 40.2 Å². The smallest absolute Gasteiger partial charge is 0.135 e. The van der Waals surface area contributed by atoms with E-state index >= 15 is 0 Å². The third-order valence-corrected chi connectivity index (χ3v) is 6.55. The van der Waals surface area contributed by atoms with Crippen LogP contribution in [0, 0.1) is 0 Å². The summed E-state index contributed by atoms with van der Waals surface area (Å²) >= 11 is 9.07. The zero-order valence-electron chi connectivity index (χ0n) is 10.8. The average molecular weight is 422 g/mol. The van der Waals surface area contributed by atoms with Crippen molar-refractivity contribution in [2.45, 2.75) is 4.83 Å². The van der Waals surface area contributed by atoms with E-state index in [9.17, 15) is 0 Å². The Morgan fingerprint density at radius 3 is 2.52 bits per heavy atom.